The third-order valence-corrected chi connectivity index (χ3v) is 3.58. The van der Waals surface area contributed by atoms with E-state index < -0.39 is 0 Å². The van der Waals surface area contributed by atoms with E-state index in [0.717, 1.165) is 17.1 Å². The molecule has 1 unspecified atom stereocenters. The van der Waals surface area contributed by atoms with Gasteiger partial charge in [-0.3, -0.25) is 9.98 Å². The molecule has 0 aliphatic carbocycles. The average Bonchev–Trinajstić information content (AvgIpc) is 2.58. The van der Waals surface area contributed by atoms with Crippen LogP contribution >= 0.6 is 0 Å². The topological polar surface area (TPSA) is 28.5 Å². The van der Waals surface area contributed by atoms with Crippen LogP contribution in [0, 0.1) is 0 Å². The second-order valence-electron chi connectivity index (χ2n) is 5.20. The maximum absolute atomic E-state index is 4.83. The molecule has 1 aliphatic rings. The van der Waals surface area contributed by atoms with Gasteiger partial charge in [-0.15, -0.1) is 0 Å². The number of amidine groups is 1. The highest BCUT2D eigenvalue weighted by molar-refractivity contribution is 5.99. The van der Waals surface area contributed by atoms with E-state index in [1.165, 1.54) is 0 Å². The van der Waals surface area contributed by atoms with Gasteiger partial charge < -0.3 is 4.90 Å². The molecule has 3 nitrogen and oxygen atoms in total. The number of nitrogens with zero attached hydrogens (tertiary/aromatic N) is 3. The summed E-state index contributed by atoms with van der Waals surface area (Å²) < 4.78 is 0. The Morgan fingerprint density at radius 1 is 1.09 bits per heavy atom. The number of rotatable bonds is 3. The Bertz CT molecular complexity index is 687. The molecule has 1 aromatic heterocycles. The largest absolute Gasteiger partial charge is 0.326 e. The maximum atomic E-state index is 4.83. The highest BCUT2D eigenvalue weighted by atomic mass is 15.2. The molecule has 0 radical (unpaired) electrons. The molecule has 1 aromatic carbocycles. The van der Waals surface area contributed by atoms with Crippen molar-refractivity contribution in [3.8, 4) is 0 Å². The second kappa shape index (κ2) is 6.85. The van der Waals surface area contributed by atoms with Crippen LogP contribution in [0.3, 0.4) is 0 Å². The van der Waals surface area contributed by atoms with Gasteiger partial charge >= 0.3 is 0 Å². The Balaban J connectivity index is 1.93. The van der Waals surface area contributed by atoms with E-state index in [4.69, 9.17) is 4.99 Å². The summed E-state index contributed by atoms with van der Waals surface area (Å²) in [5.74, 6) is 0.972. The van der Waals surface area contributed by atoms with Gasteiger partial charge in [0.05, 0.1) is 18.3 Å². The molecule has 1 atom stereocenters. The lowest BCUT2D eigenvalue weighted by Crippen LogP contribution is -2.34. The van der Waals surface area contributed by atoms with Crippen molar-refractivity contribution >= 4 is 5.84 Å². The third-order valence-electron chi connectivity index (χ3n) is 3.58. The average molecular weight is 289 g/mol. The summed E-state index contributed by atoms with van der Waals surface area (Å²) in [4.78, 5) is 11.4. The lowest BCUT2D eigenvalue weighted by Gasteiger charge is -2.29. The van der Waals surface area contributed by atoms with Crippen molar-refractivity contribution in [1.29, 1.82) is 0 Å². The highest BCUT2D eigenvalue weighted by Crippen LogP contribution is 2.15. The number of aliphatic imine (C=N–C) groups is 1. The van der Waals surface area contributed by atoms with Crippen LogP contribution in [0.1, 0.15) is 18.2 Å². The van der Waals surface area contributed by atoms with E-state index in [9.17, 15) is 0 Å². The predicted octanol–water partition coefficient (Wildman–Crippen LogP) is 3.80. The normalized spacial score (nSPS) is 17.8. The van der Waals surface area contributed by atoms with Crippen LogP contribution in [0.25, 0.3) is 0 Å². The summed E-state index contributed by atoms with van der Waals surface area (Å²) in [7, 11) is 0. The van der Waals surface area contributed by atoms with E-state index in [2.05, 4.69) is 47.3 Å². The molecule has 2 aromatic rings. The summed E-state index contributed by atoms with van der Waals surface area (Å²) >= 11 is 0. The fourth-order valence-corrected chi connectivity index (χ4v) is 2.42. The first-order chi connectivity index (χ1) is 10.8. The fourth-order valence-electron chi connectivity index (χ4n) is 2.42. The van der Waals surface area contributed by atoms with Gasteiger partial charge in [0.25, 0.3) is 0 Å². The van der Waals surface area contributed by atoms with Crippen LogP contribution in [0.15, 0.2) is 84.1 Å². The standard InChI is InChI=1S/C19H19N3/c1-16-9-6-8-14-22(16)19(17-10-3-2-4-11-17)21-15-18-12-5-7-13-20-18/h2-14,16H,15H2,1H3. The summed E-state index contributed by atoms with van der Waals surface area (Å²) in [6.45, 7) is 2.74. The second-order valence-corrected chi connectivity index (χ2v) is 5.20. The number of benzene rings is 1. The van der Waals surface area contributed by atoms with E-state index in [1.807, 2.05) is 42.5 Å². The Morgan fingerprint density at radius 2 is 1.91 bits per heavy atom. The van der Waals surface area contributed by atoms with Crippen LogP contribution in [0.2, 0.25) is 0 Å². The molecule has 0 spiro atoms. The molecule has 0 fully saturated rings. The predicted molar refractivity (Wildman–Crippen MR) is 90.5 cm³/mol. The first-order valence-electron chi connectivity index (χ1n) is 7.48. The number of hydrogen-bond donors (Lipinski definition) is 0. The van der Waals surface area contributed by atoms with Gasteiger partial charge in [0.2, 0.25) is 0 Å². The summed E-state index contributed by atoms with van der Waals surface area (Å²) in [6.07, 6.45) is 10.2. The van der Waals surface area contributed by atoms with Crippen molar-refractivity contribution in [1.82, 2.24) is 9.88 Å². The Kier molecular flexibility index (Phi) is 4.44. The molecule has 0 N–H and O–H groups in total. The molecule has 0 amide bonds. The van der Waals surface area contributed by atoms with Crippen LogP contribution in [0.4, 0.5) is 0 Å². The van der Waals surface area contributed by atoms with E-state index >= 15 is 0 Å². The van der Waals surface area contributed by atoms with E-state index in [-0.39, 0.29) is 6.04 Å². The molecule has 0 saturated carbocycles. The molecule has 2 heterocycles. The van der Waals surface area contributed by atoms with Crippen molar-refractivity contribution in [2.75, 3.05) is 0 Å². The van der Waals surface area contributed by atoms with Crippen molar-refractivity contribution in [2.24, 2.45) is 4.99 Å². The number of pyridine rings is 1. The minimum atomic E-state index is 0.285. The Hall–Kier alpha value is -2.68. The molecular weight excluding hydrogens is 270 g/mol. The lowest BCUT2D eigenvalue weighted by atomic mass is 10.1. The van der Waals surface area contributed by atoms with Crippen LogP contribution in [0.5, 0.6) is 0 Å². The number of allylic oxidation sites excluding steroid dienone is 2. The minimum absolute atomic E-state index is 0.285. The molecule has 0 saturated heterocycles. The van der Waals surface area contributed by atoms with Gasteiger partial charge in [0.15, 0.2) is 0 Å². The van der Waals surface area contributed by atoms with Gasteiger partial charge in [-0.1, -0.05) is 48.6 Å². The monoisotopic (exact) mass is 289 g/mol. The van der Waals surface area contributed by atoms with Crippen molar-refractivity contribution in [3.63, 3.8) is 0 Å². The molecule has 110 valence electrons. The Morgan fingerprint density at radius 3 is 2.64 bits per heavy atom. The van der Waals surface area contributed by atoms with Gasteiger partial charge in [-0.25, -0.2) is 0 Å². The Labute approximate surface area is 131 Å². The summed E-state index contributed by atoms with van der Waals surface area (Å²) in [5, 5.41) is 0. The third kappa shape index (κ3) is 3.31. The van der Waals surface area contributed by atoms with Crippen molar-refractivity contribution < 1.29 is 0 Å². The quantitative estimate of drug-likeness (QED) is 0.635. The molecular formula is C19H19N3. The van der Waals surface area contributed by atoms with Crippen LogP contribution < -0.4 is 0 Å². The van der Waals surface area contributed by atoms with E-state index in [0.29, 0.717) is 6.54 Å². The summed E-state index contributed by atoms with van der Waals surface area (Å²) in [6, 6.07) is 16.5. The first kappa shape index (κ1) is 14.3. The van der Waals surface area contributed by atoms with Crippen molar-refractivity contribution in [3.05, 3.63) is 90.4 Å². The molecule has 0 bridgehead atoms. The zero-order chi connectivity index (χ0) is 15.2. The van der Waals surface area contributed by atoms with Gasteiger partial charge in [0, 0.05) is 18.0 Å². The molecule has 1 aliphatic heterocycles. The minimum Gasteiger partial charge on any atom is -0.326 e. The first-order valence-corrected chi connectivity index (χ1v) is 7.48. The smallest absolute Gasteiger partial charge is 0.135 e. The van der Waals surface area contributed by atoms with E-state index in [1.54, 1.807) is 6.20 Å². The summed E-state index contributed by atoms with van der Waals surface area (Å²) in [5.41, 5.74) is 2.09. The number of hydrogen-bond acceptors (Lipinski definition) is 2. The fraction of sp³-hybridized carbons (Fsp3) is 0.158. The lowest BCUT2D eigenvalue weighted by molar-refractivity contribution is 0.490. The zero-order valence-electron chi connectivity index (χ0n) is 12.6. The van der Waals surface area contributed by atoms with Crippen molar-refractivity contribution in [2.45, 2.75) is 19.5 Å². The van der Waals surface area contributed by atoms with Gasteiger partial charge in [-0.2, -0.15) is 0 Å². The van der Waals surface area contributed by atoms with Gasteiger partial charge in [-0.05, 0) is 25.1 Å². The molecule has 3 heteroatoms. The molecule has 3 rings (SSSR count). The highest BCUT2D eigenvalue weighted by Gasteiger charge is 2.17. The van der Waals surface area contributed by atoms with Crippen LogP contribution in [-0.2, 0) is 6.54 Å². The maximum Gasteiger partial charge on any atom is 0.135 e. The molecule has 22 heavy (non-hydrogen) atoms. The zero-order valence-corrected chi connectivity index (χ0v) is 12.6. The van der Waals surface area contributed by atoms with Gasteiger partial charge in [0.1, 0.15) is 5.84 Å². The number of aromatic nitrogens is 1. The SMILES string of the molecule is CC1C=CC=CN1C(=NCc1ccccn1)c1ccccc1. The van der Waals surface area contributed by atoms with Crippen LogP contribution in [-0.4, -0.2) is 21.8 Å².